The first-order valence-corrected chi connectivity index (χ1v) is 7.24. The number of hydrogen-bond donors (Lipinski definition) is 1. The number of aliphatic hydroxyl groups is 1. The quantitative estimate of drug-likeness (QED) is 0.886. The summed E-state index contributed by atoms with van der Waals surface area (Å²) in [6, 6.07) is 2.01. The number of anilines is 1. The molecule has 3 rings (SSSR count). The SMILES string of the molecule is CCc1cc(N2CCC(O)(Cn3ccnn3)C2)nc(C)n1. The fourth-order valence-electron chi connectivity index (χ4n) is 2.75. The molecule has 1 atom stereocenters. The van der Waals surface area contributed by atoms with E-state index in [0.717, 1.165) is 30.3 Å². The van der Waals surface area contributed by atoms with E-state index in [-0.39, 0.29) is 0 Å². The van der Waals surface area contributed by atoms with Gasteiger partial charge in [0.05, 0.1) is 12.7 Å². The van der Waals surface area contributed by atoms with Gasteiger partial charge in [0.2, 0.25) is 0 Å². The second kappa shape index (κ2) is 5.40. The molecule has 7 heteroatoms. The van der Waals surface area contributed by atoms with Crippen LogP contribution in [0.2, 0.25) is 0 Å². The van der Waals surface area contributed by atoms with E-state index in [9.17, 15) is 5.11 Å². The summed E-state index contributed by atoms with van der Waals surface area (Å²) in [5.74, 6) is 1.67. The van der Waals surface area contributed by atoms with Crippen LogP contribution in [0.15, 0.2) is 18.5 Å². The maximum atomic E-state index is 10.7. The maximum Gasteiger partial charge on any atom is 0.132 e. The molecule has 0 spiro atoms. The molecule has 112 valence electrons. The molecule has 1 saturated heterocycles. The van der Waals surface area contributed by atoms with E-state index in [1.54, 1.807) is 17.1 Å². The molecule has 0 aromatic carbocycles. The molecule has 3 heterocycles. The predicted molar refractivity (Wildman–Crippen MR) is 77.9 cm³/mol. The fraction of sp³-hybridized carbons (Fsp3) is 0.571. The zero-order valence-corrected chi connectivity index (χ0v) is 12.4. The first kappa shape index (κ1) is 13.9. The number of β-amino-alcohol motifs (C(OH)–C–C–N with tert-alkyl or cyclic N) is 1. The van der Waals surface area contributed by atoms with Crippen molar-refractivity contribution in [3.63, 3.8) is 0 Å². The lowest BCUT2D eigenvalue weighted by atomic mass is 10.0. The van der Waals surface area contributed by atoms with Crippen LogP contribution in [0.25, 0.3) is 0 Å². The molecule has 0 bridgehead atoms. The Morgan fingerprint density at radius 1 is 1.38 bits per heavy atom. The molecule has 2 aromatic heterocycles. The summed E-state index contributed by atoms with van der Waals surface area (Å²) in [6.45, 7) is 5.77. The van der Waals surface area contributed by atoms with Crippen molar-refractivity contribution in [3.05, 3.63) is 30.0 Å². The van der Waals surface area contributed by atoms with Crippen LogP contribution < -0.4 is 4.90 Å². The summed E-state index contributed by atoms with van der Waals surface area (Å²) in [6.07, 6.45) is 4.97. The number of aromatic nitrogens is 5. The summed E-state index contributed by atoms with van der Waals surface area (Å²) in [4.78, 5) is 11.0. The highest BCUT2D eigenvalue weighted by Crippen LogP contribution is 2.27. The average molecular weight is 288 g/mol. The summed E-state index contributed by atoms with van der Waals surface area (Å²) in [7, 11) is 0. The maximum absolute atomic E-state index is 10.7. The topological polar surface area (TPSA) is 80.0 Å². The molecule has 0 aliphatic carbocycles. The molecule has 2 aromatic rings. The minimum absolute atomic E-state index is 0.453. The van der Waals surface area contributed by atoms with Crippen LogP contribution in [-0.2, 0) is 13.0 Å². The Hall–Kier alpha value is -2.02. The van der Waals surface area contributed by atoms with E-state index in [1.165, 1.54) is 0 Å². The molecule has 1 aliphatic rings. The largest absolute Gasteiger partial charge is 0.386 e. The van der Waals surface area contributed by atoms with Gasteiger partial charge in [0.25, 0.3) is 0 Å². The van der Waals surface area contributed by atoms with Gasteiger partial charge in [-0.2, -0.15) is 0 Å². The standard InChI is InChI=1S/C14H20N6O/c1-3-12-8-13(17-11(2)16-12)19-6-4-14(21,9-19)10-20-7-5-15-18-20/h5,7-8,21H,3-4,6,9-10H2,1-2H3. The van der Waals surface area contributed by atoms with E-state index in [1.807, 2.05) is 13.0 Å². The second-order valence-corrected chi connectivity index (χ2v) is 5.61. The van der Waals surface area contributed by atoms with Crippen LogP contribution in [0.1, 0.15) is 24.9 Å². The Bertz CT molecular complexity index is 614. The van der Waals surface area contributed by atoms with Crippen molar-refractivity contribution in [2.24, 2.45) is 0 Å². The summed E-state index contributed by atoms with van der Waals surface area (Å²) in [5, 5.41) is 18.4. The Morgan fingerprint density at radius 3 is 2.95 bits per heavy atom. The molecule has 1 aliphatic heterocycles. The number of rotatable bonds is 4. The number of aryl methyl sites for hydroxylation is 2. The van der Waals surface area contributed by atoms with Crippen molar-refractivity contribution < 1.29 is 5.11 Å². The van der Waals surface area contributed by atoms with Crippen molar-refractivity contribution in [1.29, 1.82) is 0 Å². The summed E-state index contributed by atoms with van der Waals surface area (Å²) < 4.78 is 1.67. The fourth-order valence-corrected chi connectivity index (χ4v) is 2.75. The summed E-state index contributed by atoms with van der Waals surface area (Å²) in [5.41, 5.74) is 0.239. The van der Waals surface area contributed by atoms with Gasteiger partial charge in [-0.05, 0) is 19.8 Å². The van der Waals surface area contributed by atoms with Gasteiger partial charge in [-0.15, -0.1) is 5.10 Å². The number of nitrogens with zero attached hydrogens (tertiary/aromatic N) is 6. The lowest BCUT2D eigenvalue weighted by molar-refractivity contribution is 0.0408. The lowest BCUT2D eigenvalue weighted by Crippen LogP contribution is -2.38. The van der Waals surface area contributed by atoms with Crippen LogP contribution in [0.3, 0.4) is 0 Å². The Morgan fingerprint density at radius 2 is 2.24 bits per heavy atom. The van der Waals surface area contributed by atoms with Crippen molar-refractivity contribution in [2.45, 2.75) is 38.8 Å². The highest BCUT2D eigenvalue weighted by molar-refractivity contribution is 5.42. The van der Waals surface area contributed by atoms with Gasteiger partial charge in [-0.25, -0.2) is 14.6 Å². The molecule has 1 fully saturated rings. The van der Waals surface area contributed by atoms with Gasteiger partial charge >= 0.3 is 0 Å². The lowest BCUT2D eigenvalue weighted by Gasteiger charge is -2.23. The van der Waals surface area contributed by atoms with Crippen LogP contribution in [0, 0.1) is 6.92 Å². The van der Waals surface area contributed by atoms with E-state index < -0.39 is 5.60 Å². The highest BCUT2D eigenvalue weighted by atomic mass is 16.3. The highest BCUT2D eigenvalue weighted by Gasteiger charge is 2.37. The third kappa shape index (κ3) is 3.02. The van der Waals surface area contributed by atoms with Crippen LogP contribution in [-0.4, -0.2) is 48.8 Å². The molecule has 0 saturated carbocycles. The zero-order valence-electron chi connectivity index (χ0n) is 12.4. The molecule has 21 heavy (non-hydrogen) atoms. The van der Waals surface area contributed by atoms with Crippen molar-refractivity contribution in [1.82, 2.24) is 25.0 Å². The van der Waals surface area contributed by atoms with Crippen molar-refractivity contribution in [2.75, 3.05) is 18.0 Å². The van der Waals surface area contributed by atoms with Gasteiger partial charge in [0.1, 0.15) is 17.2 Å². The van der Waals surface area contributed by atoms with Crippen LogP contribution >= 0.6 is 0 Å². The minimum Gasteiger partial charge on any atom is -0.386 e. The molecule has 0 radical (unpaired) electrons. The molecular formula is C14H20N6O. The van der Waals surface area contributed by atoms with Gasteiger partial charge in [0.15, 0.2) is 0 Å². The van der Waals surface area contributed by atoms with Crippen molar-refractivity contribution in [3.8, 4) is 0 Å². The van der Waals surface area contributed by atoms with E-state index in [0.29, 0.717) is 19.5 Å². The minimum atomic E-state index is -0.793. The Labute approximate surface area is 123 Å². The monoisotopic (exact) mass is 288 g/mol. The average Bonchev–Trinajstić information content (AvgIpc) is 3.08. The number of hydrogen-bond acceptors (Lipinski definition) is 6. The van der Waals surface area contributed by atoms with Gasteiger partial charge in [0, 0.05) is 31.0 Å². The third-order valence-electron chi connectivity index (χ3n) is 3.82. The molecule has 7 nitrogen and oxygen atoms in total. The smallest absolute Gasteiger partial charge is 0.132 e. The molecule has 1 N–H and O–H groups in total. The zero-order chi connectivity index (χ0) is 14.9. The van der Waals surface area contributed by atoms with E-state index in [4.69, 9.17) is 0 Å². The third-order valence-corrected chi connectivity index (χ3v) is 3.82. The molecule has 0 amide bonds. The predicted octanol–water partition coefficient (Wildman–Crippen LogP) is 0.580. The first-order chi connectivity index (χ1) is 10.1. The second-order valence-electron chi connectivity index (χ2n) is 5.61. The van der Waals surface area contributed by atoms with Crippen molar-refractivity contribution >= 4 is 5.82 Å². The summed E-state index contributed by atoms with van der Waals surface area (Å²) >= 11 is 0. The van der Waals surface area contributed by atoms with Crippen LogP contribution in [0.4, 0.5) is 5.82 Å². The first-order valence-electron chi connectivity index (χ1n) is 7.24. The normalized spacial score (nSPS) is 22.0. The Kier molecular flexibility index (Phi) is 3.59. The van der Waals surface area contributed by atoms with E-state index >= 15 is 0 Å². The Balaban J connectivity index is 1.75. The van der Waals surface area contributed by atoms with Gasteiger partial charge in [-0.3, -0.25) is 0 Å². The molecular weight excluding hydrogens is 268 g/mol. The van der Waals surface area contributed by atoms with Gasteiger partial charge < -0.3 is 10.0 Å². The van der Waals surface area contributed by atoms with Gasteiger partial charge in [-0.1, -0.05) is 12.1 Å². The van der Waals surface area contributed by atoms with E-state index in [2.05, 4.69) is 32.1 Å². The molecule has 1 unspecified atom stereocenters. The van der Waals surface area contributed by atoms with Crippen LogP contribution in [0.5, 0.6) is 0 Å².